The summed E-state index contributed by atoms with van der Waals surface area (Å²) in [6, 6.07) is 6.37. The number of carboxylic acids is 1. The SMILES string of the molecule is CC1=C(C(=O)O)C(c2cccc([N+](=O)[O-])c2)C(P(C(C)C)C(C)C)=C(C)N1. The van der Waals surface area contributed by atoms with Crippen LogP contribution in [0.2, 0.25) is 0 Å². The van der Waals surface area contributed by atoms with Gasteiger partial charge in [0.2, 0.25) is 0 Å². The van der Waals surface area contributed by atoms with E-state index >= 15 is 0 Å². The van der Waals surface area contributed by atoms with Crippen molar-refractivity contribution in [2.45, 2.75) is 58.8 Å². The lowest BCUT2D eigenvalue weighted by Crippen LogP contribution is -2.29. The number of rotatable bonds is 6. The van der Waals surface area contributed by atoms with Gasteiger partial charge in [0.1, 0.15) is 0 Å². The molecule has 0 fully saturated rings. The van der Waals surface area contributed by atoms with Crippen molar-refractivity contribution < 1.29 is 14.8 Å². The number of dihydropyridines is 1. The van der Waals surface area contributed by atoms with Gasteiger partial charge in [-0.2, -0.15) is 0 Å². The number of non-ortho nitro benzene ring substituents is 1. The summed E-state index contributed by atoms with van der Waals surface area (Å²) in [5, 5.41) is 25.5. The smallest absolute Gasteiger partial charge is 0.334 e. The van der Waals surface area contributed by atoms with Crippen molar-refractivity contribution in [3.63, 3.8) is 0 Å². The fourth-order valence-corrected chi connectivity index (χ4v) is 7.23. The molecule has 2 N–H and O–H groups in total. The van der Waals surface area contributed by atoms with E-state index in [2.05, 4.69) is 33.0 Å². The Kier molecular flexibility index (Phi) is 6.42. The average Bonchev–Trinajstić information content (AvgIpc) is 2.55. The molecule has 0 aromatic heterocycles. The Labute approximate surface area is 161 Å². The summed E-state index contributed by atoms with van der Waals surface area (Å²) in [7, 11) is -0.645. The largest absolute Gasteiger partial charge is 0.478 e. The lowest BCUT2D eigenvalue weighted by atomic mass is 9.86. The quantitative estimate of drug-likeness (QED) is 0.397. The Morgan fingerprint density at radius 2 is 1.78 bits per heavy atom. The van der Waals surface area contributed by atoms with E-state index in [1.165, 1.54) is 12.1 Å². The van der Waals surface area contributed by atoms with E-state index in [0.29, 0.717) is 22.6 Å². The molecule has 146 valence electrons. The highest BCUT2D eigenvalue weighted by molar-refractivity contribution is 7.63. The first kappa shape index (κ1) is 21.1. The van der Waals surface area contributed by atoms with Gasteiger partial charge in [0, 0.05) is 29.4 Å². The number of carbonyl (C=O) groups is 1. The van der Waals surface area contributed by atoms with E-state index in [9.17, 15) is 20.0 Å². The van der Waals surface area contributed by atoms with Crippen molar-refractivity contribution in [2.24, 2.45) is 0 Å². The molecule has 2 rings (SSSR count). The molecule has 1 aliphatic rings. The monoisotopic (exact) mass is 390 g/mol. The van der Waals surface area contributed by atoms with E-state index in [1.54, 1.807) is 19.1 Å². The van der Waals surface area contributed by atoms with Crippen LogP contribution in [0.1, 0.15) is 53.0 Å². The molecule has 7 heteroatoms. The molecule has 0 saturated carbocycles. The lowest BCUT2D eigenvalue weighted by molar-refractivity contribution is -0.384. The first-order valence-electron chi connectivity index (χ1n) is 9.00. The Hall–Kier alpha value is -2.20. The predicted octanol–water partition coefficient (Wildman–Crippen LogP) is 5.17. The molecule has 1 aromatic carbocycles. The maximum atomic E-state index is 12.1. The van der Waals surface area contributed by atoms with Crippen LogP contribution in [0.15, 0.2) is 46.5 Å². The minimum atomic E-state index is -0.996. The van der Waals surface area contributed by atoms with Crippen LogP contribution in [0.5, 0.6) is 0 Å². The number of hydrogen-bond donors (Lipinski definition) is 2. The van der Waals surface area contributed by atoms with Gasteiger partial charge in [0.15, 0.2) is 0 Å². The van der Waals surface area contributed by atoms with Gasteiger partial charge < -0.3 is 10.4 Å². The summed E-state index contributed by atoms with van der Waals surface area (Å²) in [6.07, 6.45) is 0. The number of aliphatic carboxylic acids is 1. The molecule has 1 aromatic rings. The van der Waals surface area contributed by atoms with Gasteiger partial charge in [-0.3, -0.25) is 10.1 Å². The second kappa shape index (κ2) is 8.22. The number of nitro groups is 1. The van der Waals surface area contributed by atoms with Crippen molar-refractivity contribution in [3.05, 3.63) is 62.2 Å². The second-order valence-corrected chi connectivity index (χ2v) is 10.7. The standard InChI is InChI=1S/C20H27N2O4P/c1-11(2)27(12(3)4)19-14(6)21-13(5)17(20(23)24)18(19)15-8-7-9-16(10-15)22(25)26/h7-12,18,21H,1-6H3,(H,23,24). The van der Waals surface area contributed by atoms with E-state index in [-0.39, 0.29) is 11.3 Å². The molecule has 1 atom stereocenters. The van der Waals surface area contributed by atoms with E-state index in [4.69, 9.17) is 0 Å². The van der Waals surface area contributed by atoms with Crippen molar-refractivity contribution >= 4 is 19.6 Å². The number of benzene rings is 1. The molecule has 1 unspecified atom stereocenters. The molecule has 0 saturated heterocycles. The number of nitro benzene ring substituents is 1. The predicted molar refractivity (Wildman–Crippen MR) is 109 cm³/mol. The van der Waals surface area contributed by atoms with Crippen LogP contribution in [-0.2, 0) is 4.79 Å². The third kappa shape index (κ3) is 4.22. The molecular weight excluding hydrogens is 363 g/mol. The maximum Gasteiger partial charge on any atom is 0.334 e. The topological polar surface area (TPSA) is 92.5 Å². The van der Waals surface area contributed by atoms with Crippen LogP contribution in [0.25, 0.3) is 0 Å². The highest BCUT2D eigenvalue weighted by atomic mass is 31.1. The summed E-state index contributed by atoms with van der Waals surface area (Å²) < 4.78 is 0. The molecule has 1 aliphatic heterocycles. The van der Waals surface area contributed by atoms with Crippen LogP contribution in [0.3, 0.4) is 0 Å². The van der Waals surface area contributed by atoms with Crippen LogP contribution in [0.4, 0.5) is 5.69 Å². The van der Waals surface area contributed by atoms with Gasteiger partial charge in [-0.15, -0.1) is 0 Å². The van der Waals surface area contributed by atoms with Gasteiger partial charge in [0.25, 0.3) is 5.69 Å². The fraction of sp³-hybridized carbons (Fsp3) is 0.450. The van der Waals surface area contributed by atoms with Crippen molar-refractivity contribution in [2.75, 3.05) is 0 Å². The van der Waals surface area contributed by atoms with E-state index < -0.39 is 24.7 Å². The highest BCUT2D eigenvalue weighted by Gasteiger charge is 2.38. The number of hydrogen-bond acceptors (Lipinski definition) is 4. The molecule has 6 nitrogen and oxygen atoms in total. The van der Waals surface area contributed by atoms with Gasteiger partial charge in [0.05, 0.1) is 10.5 Å². The Balaban J connectivity index is 2.77. The molecule has 0 aliphatic carbocycles. The highest BCUT2D eigenvalue weighted by Crippen LogP contribution is 2.61. The number of nitrogens with one attached hydrogen (secondary N) is 1. The summed E-state index contributed by atoms with van der Waals surface area (Å²) in [6.45, 7) is 12.3. The molecule has 27 heavy (non-hydrogen) atoms. The van der Waals surface area contributed by atoms with Crippen molar-refractivity contribution in [3.8, 4) is 0 Å². The summed E-state index contributed by atoms with van der Waals surface area (Å²) in [4.78, 5) is 23.0. The molecule has 0 spiro atoms. The lowest BCUT2D eigenvalue weighted by Gasteiger charge is -2.39. The maximum absolute atomic E-state index is 12.1. The van der Waals surface area contributed by atoms with Crippen LogP contribution < -0.4 is 5.32 Å². The molecule has 1 heterocycles. The zero-order valence-corrected chi connectivity index (χ0v) is 17.5. The van der Waals surface area contributed by atoms with Gasteiger partial charge in [-0.1, -0.05) is 47.7 Å². The van der Waals surface area contributed by atoms with Crippen molar-refractivity contribution in [1.29, 1.82) is 0 Å². The number of allylic oxidation sites excluding steroid dienone is 3. The number of nitrogens with zero attached hydrogens (tertiary/aromatic N) is 1. The first-order valence-corrected chi connectivity index (χ1v) is 10.5. The van der Waals surface area contributed by atoms with Crippen LogP contribution in [-0.4, -0.2) is 27.3 Å². The van der Waals surface area contributed by atoms with Crippen LogP contribution in [0, 0.1) is 10.1 Å². The molecule has 0 radical (unpaired) electrons. The Bertz CT molecular complexity index is 819. The van der Waals surface area contributed by atoms with Gasteiger partial charge in [-0.25, -0.2) is 4.79 Å². The zero-order valence-electron chi connectivity index (χ0n) is 16.6. The minimum absolute atomic E-state index is 0.0242. The minimum Gasteiger partial charge on any atom is -0.478 e. The average molecular weight is 390 g/mol. The molecule has 0 amide bonds. The summed E-state index contributed by atoms with van der Waals surface area (Å²) >= 11 is 0. The van der Waals surface area contributed by atoms with Gasteiger partial charge >= 0.3 is 5.97 Å². The third-order valence-corrected chi connectivity index (χ3v) is 8.14. The fourth-order valence-electron chi connectivity index (χ4n) is 3.90. The summed E-state index contributed by atoms with van der Waals surface area (Å²) in [5.41, 5.74) is 3.17. The van der Waals surface area contributed by atoms with Gasteiger partial charge in [-0.05, 0) is 36.0 Å². The molecular formula is C20H27N2O4P. The first-order chi connectivity index (χ1) is 12.6. The van der Waals surface area contributed by atoms with Crippen molar-refractivity contribution in [1.82, 2.24) is 5.32 Å². The second-order valence-electron chi connectivity index (χ2n) is 7.36. The number of carboxylic acid groups (broad SMARTS) is 1. The van der Waals surface area contributed by atoms with E-state index in [1.807, 2.05) is 6.92 Å². The molecule has 0 bridgehead atoms. The normalized spacial score (nSPS) is 17.7. The zero-order chi connectivity index (χ0) is 20.5. The van der Waals surface area contributed by atoms with Crippen LogP contribution >= 0.6 is 7.92 Å². The Morgan fingerprint density at radius 1 is 1.19 bits per heavy atom. The van der Waals surface area contributed by atoms with E-state index in [0.717, 1.165) is 11.0 Å². The third-order valence-electron chi connectivity index (χ3n) is 4.76. The summed E-state index contributed by atoms with van der Waals surface area (Å²) in [5.74, 6) is -1.48. The Morgan fingerprint density at radius 3 is 2.26 bits per heavy atom.